The maximum absolute atomic E-state index is 10.5. The van der Waals surface area contributed by atoms with Gasteiger partial charge in [-0.3, -0.25) is 0 Å². The van der Waals surface area contributed by atoms with Crippen molar-refractivity contribution < 1.29 is 9.90 Å². The van der Waals surface area contributed by atoms with Gasteiger partial charge in [-0.2, -0.15) is 0 Å². The molecule has 0 aromatic carbocycles. The molecule has 0 spiro atoms. The molecule has 3 rings (SSSR count). The van der Waals surface area contributed by atoms with E-state index in [-0.39, 0.29) is 0 Å². The molecule has 1 saturated heterocycles. The Labute approximate surface area is 135 Å². The van der Waals surface area contributed by atoms with Gasteiger partial charge < -0.3 is 15.3 Å². The molecular weight excluding hydrogens is 302 g/mol. The van der Waals surface area contributed by atoms with Crippen LogP contribution in [-0.4, -0.2) is 46.6 Å². The van der Waals surface area contributed by atoms with Crippen molar-refractivity contribution in [1.29, 1.82) is 0 Å². The van der Waals surface area contributed by atoms with E-state index >= 15 is 0 Å². The highest BCUT2D eigenvalue weighted by Gasteiger charge is 2.29. The van der Waals surface area contributed by atoms with E-state index in [1.165, 1.54) is 25.5 Å². The lowest BCUT2D eigenvalue weighted by Crippen LogP contribution is -2.28. The molecule has 5 nitrogen and oxygen atoms in total. The van der Waals surface area contributed by atoms with Crippen LogP contribution in [0.25, 0.3) is 6.08 Å². The van der Waals surface area contributed by atoms with E-state index in [2.05, 4.69) is 15.2 Å². The van der Waals surface area contributed by atoms with E-state index in [9.17, 15) is 4.79 Å². The number of carbonyl (C=O) groups is 1. The zero-order chi connectivity index (χ0) is 15.5. The van der Waals surface area contributed by atoms with Crippen molar-refractivity contribution in [3.8, 4) is 0 Å². The van der Waals surface area contributed by atoms with Crippen LogP contribution in [0.1, 0.15) is 24.8 Å². The van der Waals surface area contributed by atoms with Crippen LogP contribution < -0.4 is 5.32 Å². The Bertz CT molecular complexity index is 587. The molecule has 118 valence electrons. The summed E-state index contributed by atoms with van der Waals surface area (Å²) in [6.07, 6.45) is 8.06. The van der Waals surface area contributed by atoms with Crippen molar-refractivity contribution in [3.05, 3.63) is 28.9 Å². The van der Waals surface area contributed by atoms with Crippen molar-refractivity contribution in [1.82, 2.24) is 9.88 Å². The maximum Gasteiger partial charge on any atom is 0.328 e. The summed E-state index contributed by atoms with van der Waals surface area (Å²) in [5.74, 6) is 0.605. The second-order valence-corrected chi connectivity index (χ2v) is 6.51. The number of carboxylic acids is 1. The van der Waals surface area contributed by atoms with Crippen LogP contribution in [0.4, 0.5) is 5.82 Å². The van der Waals surface area contributed by atoms with Crippen molar-refractivity contribution >= 4 is 29.5 Å². The summed E-state index contributed by atoms with van der Waals surface area (Å²) < 4.78 is 0. The van der Waals surface area contributed by atoms with Crippen molar-refractivity contribution in [3.63, 3.8) is 0 Å². The van der Waals surface area contributed by atoms with Gasteiger partial charge in [0.15, 0.2) is 0 Å². The lowest BCUT2D eigenvalue weighted by Gasteiger charge is -2.17. The molecular formula is C16H20ClN3O2. The number of likely N-dealkylation sites (tertiary alicyclic amines) is 1. The van der Waals surface area contributed by atoms with Gasteiger partial charge in [-0.05, 0) is 42.9 Å². The van der Waals surface area contributed by atoms with Crippen LogP contribution >= 0.6 is 11.6 Å². The molecule has 1 aromatic rings. The molecule has 1 aliphatic heterocycles. The number of halogens is 1. The van der Waals surface area contributed by atoms with E-state index in [1.807, 2.05) is 0 Å². The largest absolute Gasteiger partial charge is 0.478 e. The molecule has 1 atom stereocenters. The number of rotatable bonds is 6. The van der Waals surface area contributed by atoms with Gasteiger partial charge in [0, 0.05) is 37.9 Å². The maximum atomic E-state index is 10.5. The summed E-state index contributed by atoms with van der Waals surface area (Å²) in [6, 6.07) is 2.11. The van der Waals surface area contributed by atoms with Gasteiger partial charge >= 0.3 is 5.97 Å². The summed E-state index contributed by atoms with van der Waals surface area (Å²) in [5.41, 5.74) is 0.680. The molecule has 2 heterocycles. The number of aliphatic carboxylic acids is 1. The van der Waals surface area contributed by atoms with E-state index in [1.54, 1.807) is 12.3 Å². The molecule has 2 aliphatic rings. The molecule has 1 saturated carbocycles. The van der Waals surface area contributed by atoms with E-state index in [0.29, 0.717) is 22.4 Å². The summed E-state index contributed by atoms with van der Waals surface area (Å²) in [4.78, 5) is 17.3. The highest BCUT2D eigenvalue weighted by molar-refractivity contribution is 6.33. The topological polar surface area (TPSA) is 65.5 Å². The second-order valence-electron chi connectivity index (χ2n) is 6.10. The Hall–Kier alpha value is -1.59. The Morgan fingerprint density at radius 1 is 1.50 bits per heavy atom. The number of anilines is 1. The normalized spacial score (nSPS) is 22.3. The van der Waals surface area contributed by atoms with Crippen molar-refractivity contribution in [2.75, 3.05) is 25.0 Å². The first-order valence-electron chi connectivity index (χ1n) is 7.65. The van der Waals surface area contributed by atoms with Gasteiger partial charge in [0.1, 0.15) is 5.82 Å². The summed E-state index contributed by atoms with van der Waals surface area (Å²) in [5, 5.41) is 12.5. The number of nitrogens with zero attached hydrogens (tertiary/aromatic N) is 2. The van der Waals surface area contributed by atoms with Crippen LogP contribution in [-0.2, 0) is 4.79 Å². The predicted molar refractivity (Wildman–Crippen MR) is 87.1 cm³/mol. The summed E-state index contributed by atoms with van der Waals surface area (Å²) >= 11 is 6.23. The number of hydrogen-bond acceptors (Lipinski definition) is 4. The number of nitrogens with one attached hydrogen (secondary N) is 1. The molecule has 6 heteroatoms. The Balaban J connectivity index is 1.57. The van der Waals surface area contributed by atoms with Gasteiger partial charge in [0.2, 0.25) is 0 Å². The lowest BCUT2D eigenvalue weighted by atomic mass is 10.2. The first kappa shape index (κ1) is 15.3. The number of carboxylic acid groups (broad SMARTS) is 1. The van der Waals surface area contributed by atoms with E-state index < -0.39 is 5.97 Å². The average Bonchev–Trinajstić information content (AvgIpc) is 3.18. The third-order valence-electron chi connectivity index (χ3n) is 4.11. The lowest BCUT2D eigenvalue weighted by molar-refractivity contribution is -0.131. The molecule has 2 N–H and O–H groups in total. The smallest absolute Gasteiger partial charge is 0.328 e. The Morgan fingerprint density at radius 3 is 3.00 bits per heavy atom. The quantitative estimate of drug-likeness (QED) is 0.789. The molecule has 0 radical (unpaired) electrons. The Kier molecular flexibility index (Phi) is 4.64. The molecule has 2 fully saturated rings. The minimum absolute atomic E-state index is 0.379. The molecule has 0 amide bonds. The summed E-state index contributed by atoms with van der Waals surface area (Å²) in [6.45, 7) is 3.39. The minimum atomic E-state index is -0.986. The molecule has 0 unspecified atom stereocenters. The van der Waals surface area contributed by atoms with Gasteiger partial charge in [-0.15, -0.1) is 0 Å². The highest BCUT2D eigenvalue weighted by atomic mass is 35.5. The number of hydrogen-bond donors (Lipinski definition) is 2. The third-order valence-corrected chi connectivity index (χ3v) is 4.40. The Morgan fingerprint density at radius 2 is 2.32 bits per heavy atom. The van der Waals surface area contributed by atoms with Crippen LogP contribution in [0.2, 0.25) is 5.02 Å². The molecule has 1 aliphatic carbocycles. The van der Waals surface area contributed by atoms with Crippen molar-refractivity contribution in [2.24, 2.45) is 5.92 Å². The third kappa shape index (κ3) is 4.21. The fourth-order valence-electron chi connectivity index (χ4n) is 2.79. The zero-order valence-corrected chi connectivity index (χ0v) is 13.1. The predicted octanol–water partition coefficient (Wildman–Crippen LogP) is 2.73. The number of aromatic nitrogens is 1. The fourth-order valence-corrected chi connectivity index (χ4v) is 3.02. The summed E-state index contributed by atoms with van der Waals surface area (Å²) in [7, 11) is 0. The SMILES string of the molecule is O=C(O)C=Cc1cnc(N[C@@H]2CCN(CC3CC3)C2)c(Cl)c1. The highest BCUT2D eigenvalue weighted by Crippen LogP contribution is 2.31. The van der Waals surface area contributed by atoms with Crippen LogP contribution in [0, 0.1) is 5.92 Å². The zero-order valence-electron chi connectivity index (χ0n) is 12.3. The van der Waals surface area contributed by atoms with Gasteiger partial charge in [-0.25, -0.2) is 9.78 Å². The van der Waals surface area contributed by atoms with Gasteiger partial charge in [0.25, 0.3) is 0 Å². The molecule has 0 bridgehead atoms. The molecule has 22 heavy (non-hydrogen) atoms. The van der Waals surface area contributed by atoms with Crippen LogP contribution in [0.5, 0.6) is 0 Å². The van der Waals surface area contributed by atoms with E-state index in [0.717, 1.165) is 31.5 Å². The first-order chi connectivity index (χ1) is 10.6. The molecule has 1 aromatic heterocycles. The van der Waals surface area contributed by atoms with Gasteiger partial charge in [-0.1, -0.05) is 11.6 Å². The average molecular weight is 322 g/mol. The monoisotopic (exact) mass is 321 g/mol. The van der Waals surface area contributed by atoms with E-state index in [4.69, 9.17) is 16.7 Å². The van der Waals surface area contributed by atoms with Crippen molar-refractivity contribution in [2.45, 2.75) is 25.3 Å². The minimum Gasteiger partial charge on any atom is -0.478 e. The van der Waals surface area contributed by atoms with Crippen LogP contribution in [0.3, 0.4) is 0 Å². The standard InChI is InChI=1S/C16H20ClN3O2/c17-14-7-12(3-4-15(21)22)8-18-16(14)19-13-5-6-20(10-13)9-11-1-2-11/h3-4,7-8,11,13H,1-2,5-6,9-10H2,(H,18,19)(H,21,22)/t13-/m1/s1. The fraction of sp³-hybridized carbons (Fsp3) is 0.500. The van der Waals surface area contributed by atoms with Gasteiger partial charge in [0.05, 0.1) is 5.02 Å². The first-order valence-corrected chi connectivity index (χ1v) is 8.03. The number of pyridine rings is 1. The second kappa shape index (κ2) is 6.67. The van der Waals surface area contributed by atoms with Crippen LogP contribution in [0.15, 0.2) is 18.3 Å².